The van der Waals surface area contributed by atoms with E-state index in [2.05, 4.69) is 30.6 Å². The minimum atomic E-state index is -4.50. The molecular formula is C22H24F3N7O3S. The van der Waals surface area contributed by atoms with Crippen LogP contribution in [0.2, 0.25) is 0 Å². The molecule has 2 aromatic heterocycles. The van der Waals surface area contributed by atoms with Crippen molar-refractivity contribution in [3.05, 3.63) is 59.9 Å². The molecule has 192 valence electrons. The van der Waals surface area contributed by atoms with E-state index in [-0.39, 0.29) is 36.2 Å². The van der Waals surface area contributed by atoms with Crippen LogP contribution in [0, 0.1) is 0 Å². The minimum Gasteiger partial charge on any atom is -0.457 e. The summed E-state index contributed by atoms with van der Waals surface area (Å²) in [6, 6.07) is 9.81. The molecule has 3 aromatic rings. The quantitative estimate of drug-likeness (QED) is 0.457. The molecule has 0 atom stereocenters. The lowest BCUT2D eigenvalue weighted by molar-refractivity contribution is -0.137. The van der Waals surface area contributed by atoms with Crippen molar-refractivity contribution >= 4 is 27.6 Å². The number of ether oxygens (including phenoxy) is 1. The fourth-order valence-electron chi connectivity index (χ4n) is 3.58. The number of aromatic nitrogens is 4. The first-order valence-electron chi connectivity index (χ1n) is 11.0. The van der Waals surface area contributed by atoms with Crippen LogP contribution in [0.25, 0.3) is 0 Å². The smallest absolute Gasteiger partial charge is 0.416 e. The van der Waals surface area contributed by atoms with Gasteiger partial charge in [0.2, 0.25) is 21.9 Å². The highest BCUT2D eigenvalue weighted by atomic mass is 32.2. The van der Waals surface area contributed by atoms with Crippen molar-refractivity contribution in [3.63, 3.8) is 0 Å². The third kappa shape index (κ3) is 7.01. The molecule has 0 spiro atoms. The van der Waals surface area contributed by atoms with Crippen molar-refractivity contribution in [2.24, 2.45) is 0 Å². The van der Waals surface area contributed by atoms with Crippen LogP contribution in [-0.2, 0) is 22.8 Å². The Bertz CT molecular complexity index is 1290. The second-order valence-corrected chi connectivity index (χ2v) is 10.1. The molecule has 0 bridgehead atoms. The van der Waals surface area contributed by atoms with Crippen LogP contribution in [0.4, 0.5) is 30.8 Å². The number of hydrogen-bond acceptors (Lipinski definition) is 9. The number of sulfonamides is 1. The molecule has 36 heavy (non-hydrogen) atoms. The maximum absolute atomic E-state index is 13.1. The van der Waals surface area contributed by atoms with Crippen LogP contribution in [-0.4, -0.2) is 58.0 Å². The number of nitrogens with zero attached hydrogens (tertiary/aromatic N) is 5. The van der Waals surface area contributed by atoms with Crippen molar-refractivity contribution in [3.8, 4) is 6.01 Å². The van der Waals surface area contributed by atoms with Crippen LogP contribution >= 0.6 is 0 Å². The van der Waals surface area contributed by atoms with Crippen molar-refractivity contribution in [2.45, 2.75) is 31.7 Å². The zero-order valence-corrected chi connectivity index (χ0v) is 20.1. The van der Waals surface area contributed by atoms with Gasteiger partial charge in [-0.05, 0) is 43.2 Å². The Balaban J connectivity index is 1.53. The SMILES string of the molecule is CS(=O)(=O)N1CCC(Nc2nc(Nc3cccc(C(F)(F)F)c3)nc(OCc3ccccn3)n2)CC1. The summed E-state index contributed by atoms with van der Waals surface area (Å²) >= 11 is 0. The number of pyridine rings is 1. The largest absolute Gasteiger partial charge is 0.457 e. The normalized spacial score (nSPS) is 15.4. The van der Waals surface area contributed by atoms with Crippen LogP contribution in [0.15, 0.2) is 48.7 Å². The number of anilines is 3. The highest BCUT2D eigenvalue weighted by Crippen LogP contribution is 2.31. The van der Waals surface area contributed by atoms with Crippen molar-refractivity contribution in [2.75, 3.05) is 30.0 Å². The average molecular weight is 524 g/mol. The van der Waals surface area contributed by atoms with E-state index in [4.69, 9.17) is 4.74 Å². The average Bonchev–Trinajstić information content (AvgIpc) is 2.83. The Morgan fingerprint density at radius 2 is 1.81 bits per heavy atom. The molecule has 10 nitrogen and oxygen atoms in total. The van der Waals surface area contributed by atoms with Gasteiger partial charge in [-0.2, -0.15) is 28.1 Å². The molecule has 1 aliphatic heterocycles. The number of alkyl halides is 3. The molecule has 0 radical (unpaired) electrons. The zero-order chi connectivity index (χ0) is 25.8. The van der Waals surface area contributed by atoms with Gasteiger partial charge in [-0.1, -0.05) is 12.1 Å². The lowest BCUT2D eigenvalue weighted by atomic mass is 10.1. The molecule has 0 amide bonds. The van der Waals surface area contributed by atoms with Crippen molar-refractivity contribution in [1.82, 2.24) is 24.2 Å². The first-order chi connectivity index (χ1) is 17.1. The Hall–Kier alpha value is -3.52. The monoisotopic (exact) mass is 523 g/mol. The standard InChI is InChI=1S/C22H24F3N7O3S/c1-36(33,34)32-11-8-16(9-12-32)27-19-29-20(28-17-7-4-5-15(13-17)22(23,24)25)31-21(30-19)35-14-18-6-2-3-10-26-18/h2-7,10,13,16H,8-9,11-12,14H2,1H3,(H2,27,28,29,30,31). The van der Waals surface area contributed by atoms with E-state index >= 15 is 0 Å². The number of benzene rings is 1. The molecular weight excluding hydrogens is 499 g/mol. The third-order valence-electron chi connectivity index (χ3n) is 5.39. The van der Waals surface area contributed by atoms with Gasteiger partial charge in [0.15, 0.2) is 0 Å². The summed E-state index contributed by atoms with van der Waals surface area (Å²) in [6.45, 7) is 0.764. The van der Waals surface area contributed by atoms with Gasteiger partial charge in [0.25, 0.3) is 0 Å². The molecule has 0 saturated carbocycles. The number of rotatable bonds is 8. The lowest BCUT2D eigenvalue weighted by Crippen LogP contribution is -2.42. The number of hydrogen-bond donors (Lipinski definition) is 2. The second kappa shape index (κ2) is 10.6. The first kappa shape index (κ1) is 25.6. The number of nitrogens with one attached hydrogen (secondary N) is 2. The van der Waals surface area contributed by atoms with Gasteiger partial charge in [-0.3, -0.25) is 4.98 Å². The Labute approximate surface area is 206 Å². The highest BCUT2D eigenvalue weighted by Gasteiger charge is 2.30. The van der Waals surface area contributed by atoms with Gasteiger partial charge < -0.3 is 15.4 Å². The van der Waals surface area contributed by atoms with Crippen molar-refractivity contribution in [1.29, 1.82) is 0 Å². The molecule has 14 heteroatoms. The highest BCUT2D eigenvalue weighted by molar-refractivity contribution is 7.88. The zero-order valence-electron chi connectivity index (χ0n) is 19.2. The predicted molar refractivity (Wildman–Crippen MR) is 126 cm³/mol. The van der Waals surface area contributed by atoms with Crippen LogP contribution in [0.3, 0.4) is 0 Å². The fraction of sp³-hybridized carbons (Fsp3) is 0.364. The Morgan fingerprint density at radius 1 is 1.06 bits per heavy atom. The molecule has 1 fully saturated rings. The van der Waals surface area contributed by atoms with Gasteiger partial charge in [-0.15, -0.1) is 0 Å². The summed E-state index contributed by atoms with van der Waals surface area (Å²) in [7, 11) is -3.27. The molecule has 1 saturated heterocycles. The molecule has 3 heterocycles. The molecule has 2 N–H and O–H groups in total. The molecule has 0 unspecified atom stereocenters. The van der Waals surface area contributed by atoms with E-state index in [1.165, 1.54) is 22.7 Å². The molecule has 4 rings (SSSR count). The summed E-state index contributed by atoms with van der Waals surface area (Å²) in [5, 5.41) is 5.93. The maximum atomic E-state index is 13.1. The van der Waals surface area contributed by atoms with E-state index in [1.54, 1.807) is 24.4 Å². The molecule has 1 aromatic carbocycles. The van der Waals surface area contributed by atoms with Gasteiger partial charge in [0.1, 0.15) is 6.61 Å². The van der Waals surface area contributed by atoms with Crippen LogP contribution in [0.1, 0.15) is 24.1 Å². The van der Waals surface area contributed by atoms with Gasteiger partial charge >= 0.3 is 12.2 Å². The summed E-state index contributed by atoms with van der Waals surface area (Å²) in [6.07, 6.45) is -0.661. The predicted octanol–water partition coefficient (Wildman–Crippen LogP) is 3.44. The molecule has 0 aliphatic carbocycles. The second-order valence-electron chi connectivity index (χ2n) is 8.16. The number of halogens is 3. The fourth-order valence-corrected chi connectivity index (χ4v) is 4.45. The van der Waals surface area contributed by atoms with E-state index in [0.29, 0.717) is 31.6 Å². The van der Waals surface area contributed by atoms with Gasteiger partial charge in [-0.25, -0.2) is 12.7 Å². The first-order valence-corrected chi connectivity index (χ1v) is 12.9. The topological polar surface area (TPSA) is 122 Å². The maximum Gasteiger partial charge on any atom is 0.416 e. The lowest BCUT2D eigenvalue weighted by Gasteiger charge is -2.30. The minimum absolute atomic E-state index is 0.0172. The van der Waals surface area contributed by atoms with E-state index in [9.17, 15) is 21.6 Å². The van der Waals surface area contributed by atoms with E-state index < -0.39 is 21.8 Å². The summed E-state index contributed by atoms with van der Waals surface area (Å²) in [4.78, 5) is 16.9. The summed E-state index contributed by atoms with van der Waals surface area (Å²) in [5.74, 6) is 0.129. The Morgan fingerprint density at radius 3 is 2.47 bits per heavy atom. The number of piperidine rings is 1. The summed E-state index contributed by atoms with van der Waals surface area (Å²) in [5.41, 5.74) is -0.0452. The Kier molecular flexibility index (Phi) is 7.54. The van der Waals surface area contributed by atoms with E-state index in [1.807, 2.05) is 0 Å². The van der Waals surface area contributed by atoms with Crippen LogP contribution < -0.4 is 15.4 Å². The van der Waals surface area contributed by atoms with Gasteiger partial charge in [0.05, 0.1) is 17.5 Å². The van der Waals surface area contributed by atoms with Crippen LogP contribution in [0.5, 0.6) is 6.01 Å². The third-order valence-corrected chi connectivity index (χ3v) is 6.70. The van der Waals surface area contributed by atoms with Crippen molar-refractivity contribution < 1.29 is 26.3 Å². The van der Waals surface area contributed by atoms with E-state index in [0.717, 1.165) is 12.1 Å². The van der Waals surface area contributed by atoms with Gasteiger partial charge in [0, 0.05) is 31.0 Å². The summed E-state index contributed by atoms with van der Waals surface area (Å²) < 4.78 is 69.9. The molecule has 1 aliphatic rings.